The number of benzene rings is 2. The van der Waals surface area contributed by atoms with Gasteiger partial charge >= 0.3 is 0 Å². The number of ether oxygens (including phenoxy) is 1. The van der Waals surface area contributed by atoms with Crippen molar-refractivity contribution in [1.29, 1.82) is 0 Å². The van der Waals surface area contributed by atoms with E-state index in [4.69, 9.17) is 4.74 Å². The number of hydrogen-bond acceptors (Lipinski definition) is 6. The Kier molecular flexibility index (Phi) is 4.57. The van der Waals surface area contributed by atoms with Crippen molar-refractivity contribution in [1.82, 2.24) is 20.2 Å². The Labute approximate surface area is 150 Å². The number of carbonyl (C=O) groups excluding carboxylic acids is 1. The highest BCUT2D eigenvalue weighted by Crippen LogP contribution is 2.21. The summed E-state index contributed by atoms with van der Waals surface area (Å²) in [7, 11) is 0. The number of tetrazole rings is 1. The van der Waals surface area contributed by atoms with Crippen molar-refractivity contribution in [3.05, 3.63) is 60.4 Å². The molecule has 0 unspecified atom stereocenters. The van der Waals surface area contributed by atoms with Crippen molar-refractivity contribution in [2.24, 2.45) is 0 Å². The van der Waals surface area contributed by atoms with Gasteiger partial charge < -0.3 is 15.0 Å². The predicted octanol–water partition coefficient (Wildman–Crippen LogP) is 1.75. The minimum Gasteiger partial charge on any atom is -0.378 e. The van der Waals surface area contributed by atoms with Gasteiger partial charge in [-0.2, -0.15) is 0 Å². The van der Waals surface area contributed by atoms with Crippen LogP contribution in [0, 0.1) is 0 Å². The standard InChI is InChI=1S/C18H18N6O2/c25-18(14-4-6-16(7-5-14)24-13-19-21-22-24)20-15-2-1-3-17(12-15)23-8-10-26-11-9-23/h1-7,12-13H,8-11H2,(H,20,25). The van der Waals surface area contributed by atoms with Crippen LogP contribution in [0.3, 0.4) is 0 Å². The van der Waals surface area contributed by atoms with E-state index in [1.165, 1.54) is 11.0 Å². The molecule has 1 fully saturated rings. The van der Waals surface area contributed by atoms with Gasteiger partial charge in [0.05, 0.1) is 18.9 Å². The van der Waals surface area contributed by atoms with E-state index in [1.54, 1.807) is 24.3 Å². The average Bonchev–Trinajstić information content (AvgIpc) is 3.24. The summed E-state index contributed by atoms with van der Waals surface area (Å²) < 4.78 is 6.92. The lowest BCUT2D eigenvalue weighted by Gasteiger charge is -2.29. The van der Waals surface area contributed by atoms with Crippen LogP contribution >= 0.6 is 0 Å². The largest absolute Gasteiger partial charge is 0.378 e. The van der Waals surface area contributed by atoms with Crippen LogP contribution in [-0.4, -0.2) is 52.4 Å². The molecule has 0 saturated carbocycles. The molecule has 8 nitrogen and oxygen atoms in total. The number of hydrogen-bond donors (Lipinski definition) is 1. The molecule has 2 heterocycles. The van der Waals surface area contributed by atoms with Gasteiger partial charge in [0.15, 0.2) is 0 Å². The molecule has 1 N–H and O–H groups in total. The van der Waals surface area contributed by atoms with Gasteiger partial charge in [0.1, 0.15) is 6.33 Å². The number of nitrogens with one attached hydrogen (secondary N) is 1. The number of carbonyl (C=O) groups is 1. The first-order valence-corrected chi connectivity index (χ1v) is 8.37. The van der Waals surface area contributed by atoms with E-state index in [-0.39, 0.29) is 5.91 Å². The summed E-state index contributed by atoms with van der Waals surface area (Å²) in [6.45, 7) is 3.17. The van der Waals surface area contributed by atoms with Crippen molar-refractivity contribution in [2.75, 3.05) is 36.5 Å². The molecule has 132 valence electrons. The summed E-state index contributed by atoms with van der Waals surface area (Å²) in [5.74, 6) is -0.160. The lowest BCUT2D eigenvalue weighted by atomic mass is 10.2. The fourth-order valence-electron chi connectivity index (χ4n) is 2.85. The molecule has 0 radical (unpaired) electrons. The molecular weight excluding hydrogens is 332 g/mol. The van der Waals surface area contributed by atoms with Crippen molar-refractivity contribution in [2.45, 2.75) is 0 Å². The Morgan fingerprint density at radius 1 is 1.04 bits per heavy atom. The quantitative estimate of drug-likeness (QED) is 0.772. The maximum atomic E-state index is 12.5. The average molecular weight is 350 g/mol. The smallest absolute Gasteiger partial charge is 0.255 e. The molecule has 1 aliphatic heterocycles. The molecule has 2 aromatic carbocycles. The fraction of sp³-hybridized carbons (Fsp3) is 0.222. The van der Waals surface area contributed by atoms with E-state index in [2.05, 4.69) is 25.7 Å². The highest BCUT2D eigenvalue weighted by molar-refractivity contribution is 6.04. The summed E-state index contributed by atoms with van der Waals surface area (Å²) in [6.07, 6.45) is 1.51. The zero-order valence-electron chi connectivity index (χ0n) is 14.1. The Morgan fingerprint density at radius 2 is 1.85 bits per heavy atom. The van der Waals surface area contributed by atoms with Crippen molar-refractivity contribution >= 4 is 17.3 Å². The summed E-state index contributed by atoms with van der Waals surface area (Å²) in [5, 5.41) is 14.0. The number of anilines is 2. The second-order valence-electron chi connectivity index (χ2n) is 5.91. The molecule has 1 amide bonds. The van der Waals surface area contributed by atoms with E-state index >= 15 is 0 Å². The minimum atomic E-state index is -0.160. The second-order valence-corrected chi connectivity index (χ2v) is 5.91. The molecule has 1 aliphatic rings. The Balaban J connectivity index is 1.46. The molecule has 0 bridgehead atoms. The molecule has 4 rings (SSSR count). The first kappa shape index (κ1) is 16.2. The van der Waals surface area contributed by atoms with Crippen molar-refractivity contribution < 1.29 is 9.53 Å². The van der Waals surface area contributed by atoms with Gasteiger partial charge in [0.2, 0.25) is 0 Å². The van der Waals surface area contributed by atoms with Crippen molar-refractivity contribution in [3.8, 4) is 5.69 Å². The predicted molar refractivity (Wildman–Crippen MR) is 96.6 cm³/mol. The number of morpholine rings is 1. The van der Waals surface area contributed by atoms with E-state index < -0.39 is 0 Å². The van der Waals surface area contributed by atoms with Crippen LogP contribution in [0.15, 0.2) is 54.9 Å². The van der Waals surface area contributed by atoms with Gasteiger partial charge in [-0.3, -0.25) is 4.79 Å². The Hall–Kier alpha value is -3.26. The second kappa shape index (κ2) is 7.32. The molecule has 1 aromatic heterocycles. The first-order chi connectivity index (χ1) is 12.8. The molecule has 1 saturated heterocycles. The topological polar surface area (TPSA) is 85.2 Å². The highest BCUT2D eigenvalue weighted by Gasteiger charge is 2.12. The van der Waals surface area contributed by atoms with Crippen LogP contribution in [0.2, 0.25) is 0 Å². The lowest BCUT2D eigenvalue weighted by Crippen LogP contribution is -2.36. The third-order valence-electron chi connectivity index (χ3n) is 4.22. The summed E-state index contributed by atoms with van der Waals surface area (Å²) in [4.78, 5) is 14.8. The molecule has 0 aliphatic carbocycles. The molecule has 0 atom stereocenters. The van der Waals surface area contributed by atoms with Gasteiger partial charge in [-0.05, 0) is 52.9 Å². The normalized spacial score (nSPS) is 14.2. The van der Waals surface area contributed by atoms with Gasteiger partial charge in [-0.25, -0.2) is 4.68 Å². The molecular formula is C18H18N6O2. The first-order valence-electron chi connectivity index (χ1n) is 8.37. The van der Waals surface area contributed by atoms with Crippen LogP contribution in [0.1, 0.15) is 10.4 Å². The molecule has 0 spiro atoms. The fourth-order valence-corrected chi connectivity index (χ4v) is 2.85. The number of aromatic nitrogens is 4. The summed E-state index contributed by atoms with van der Waals surface area (Å²) in [6, 6.07) is 15.0. The lowest BCUT2D eigenvalue weighted by molar-refractivity contribution is 0.102. The zero-order chi connectivity index (χ0) is 17.8. The molecule has 26 heavy (non-hydrogen) atoms. The van der Waals surface area contributed by atoms with E-state index in [1.807, 2.05) is 24.3 Å². The monoisotopic (exact) mass is 350 g/mol. The van der Waals surface area contributed by atoms with E-state index in [9.17, 15) is 4.79 Å². The van der Waals surface area contributed by atoms with Crippen LogP contribution in [-0.2, 0) is 4.74 Å². The van der Waals surface area contributed by atoms with E-state index in [0.717, 1.165) is 43.4 Å². The molecule has 3 aromatic rings. The van der Waals surface area contributed by atoms with Gasteiger partial charge in [0.25, 0.3) is 5.91 Å². The van der Waals surface area contributed by atoms with Crippen LogP contribution in [0.25, 0.3) is 5.69 Å². The van der Waals surface area contributed by atoms with Gasteiger partial charge in [0, 0.05) is 30.0 Å². The van der Waals surface area contributed by atoms with Crippen LogP contribution < -0.4 is 10.2 Å². The molecule has 8 heteroatoms. The SMILES string of the molecule is O=C(Nc1cccc(N2CCOCC2)c1)c1ccc(-n2cnnn2)cc1. The number of rotatable bonds is 4. The van der Waals surface area contributed by atoms with Crippen LogP contribution in [0.4, 0.5) is 11.4 Å². The Morgan fingerprint density at radius 3 is 2.58 bits per heavy atom. The zero-order valence-corrected chi connectivity index (χ0v) is 14.1. The van der Waals surface area contributed by atoms with Gasteiger partial charge in [-0.15, -0.1) is 5.10 Å². The third-order valence-corrected chi connectivity index (χ3v) is 4.22. The maximum absolute atomic E-state index is 12.5. The van der Waals surface area contributed by atoms with Gasteiger partial charge in [-0.1, -0.05) is 6.07 Å². The summed E-state index contributed by atoms with van der Waals surface area (Å²) >= 11 is 0. The number of amides is 1. The number of nitrogens with zero attached hydrogens (tertiary/aromatic N) is 5. The maximum Gasteiger partial charge on any atom is 0.255 e. The van der Waals surface area contributed by atoms with Crippen LogP contribution in [0.5, 0.6) is 0 Å². The third kappa shape index (κ3) is 3.55. The summed E-state index contributed by atoms with van der Waals surface area (Å²) in [5.41, 5.74) is 3.21. The minimum absolute atomic E-state index is 0.160. The van der Waals surface area contributed by atoms with Crippen molar-refractivity contribution in [3.63, 3.8) is 0 Å². The highest BCUT2D eigenvalue weighted by atomic mass is 16.5. The van der Waals surface area contributed by atoms with E-state index in [0.29, 0.717) is 5.56 Å². The Bertz CT molecular complexity index is 873.